The molecule has 1 aromatic carbocycles. The van der Waals surface area contributed by atoms with E-state index in [1.165, 1.54) is 46.6 Å². The minimum Gasteiger partial charge on any atom is -0.377 e. The molecule has 4 heterocycles. The Morgan fingerprint density at radius 1 is 1.12 bits per heavy atom. The highest BCUT2D eigenvalue weighted by atomic mass is 32.2. The number of sulfonamides is 1. The number of ether oxygens (including phenoxy) is 1. The lowest BCUT2D eigenvalue weighted by molar-refractivity contribution is 0.0905. The second-order valence-corrected chi connectivity index (χ2v) is 11.3. The molecule has 3 saturated heterocycles. The Morgan fingerprint density at radius 2 is 1.82 bits per heavy atom. The summed E-state index contributed by atoms with van der Waals surface area (Å²) in [5, 5.41) is 4.05. The standard InChI is InChI=1S/C23H32N6O4S/c1-17-3-4-18(13-21(17)29-19-5-6-20(29)16-33-15-19)14-26-9-11-27(12-10-26)23(30)28-8-7-22(24-28)25-34(2,31)32/h3-4,7-8,13,19-20H,5-6,9-12,14-16H2,1-2H3,(H,24,25). The number of fused-ring (bicyclic) bond motifs is 2. The number of piperazine rings is 1. The maximum absolute atomic E-state index is 12.8. The smallest absolute Gasteiger partial charge is 0.344 e. The van der Waals surface area contributed by atoms with Crippen molar-refractivity contribution in [1.29, 1.82) is 0 Å². The molecule has 3 aliphatic rings. The van der Waals surface area contributed by atoms with Gasteiger partial charge in [0.25, 0.3) is 0 Å². The van der Waals surface area contributed by atoms with Crippen molar-refractivity contribution in [2.75, 3.05) is 55.3 Å². The number of hydrogen-bond donors (Lipinski definition) is 1. The van der Waals surface area contributed by atoms with Crippen molar-refractivity contribution in [3.8, 4) is 0 Å². The summed E-state index contributed by atoms with van der Waals surface area (Å²) in [6, 6.07) is 8.96. The fourth-order valence-corrected chi connectivity index (χ4v) is 5.72. The van der Waals surface area contributed by atoms with E-state index in [2.05, 4.69) is 44.7 Å². The SMILES string of the molecule is Cc1ccc(CN2CCN(C(=O)n3ccc(NS(C)(=O)=O)n3)CC2)cc1N1C2CCC1COC2. The third kappa shape index (κ3) is 4.91. The van der Waals surface area contributed by atoms with Gasteiger partial charge in [0.2, 0.25) is 10.0 Å². The topological polar surface area (TPSA) is 100 Å². The molecule has 0 aliphatic carbocycles. The summed E-state index contributed by atoms with van der Waals surface area (Å²) < 4.78 is 32.0. The molecule has 5 rings (SSSR count). The third-order valence-electron chi connectivity index (χ3n) is 6.92. The van der Waals surface area contributed by atoms with Crippen LogP contribution in [0.25, 0.3) is 0 Å². The molecule has 2 unspecified atom stereocenters. The van der Waals surface area contributed by atoms with Gasteiger partial charge in [-0.25, -0.2) is 13.2 Å². The number of benzene rings is 1. The van der Waals surface area contributed by atoms with Gasteiger partial charge in [-0.1, -0.05) is 12.1 Å². The Kier molecular flexibility index (Phi) is 6.26. The number of hydrogen-bond acceptors (Lipinski definition) is 7. The third-order valence-corrected chi connectivity index (χ3v) is 7.50. The number of nitrogens with one attached hydrogen (secondary N) is 1. The van der Waals surface area contributed by atoms with E-state index in [1.54, 1.807) is 4.90 Å². The molecule has 2 bridgehead atoms. The van der Waals surface area contributed by atoms with E-state index in [1.807, 2.05) is 0 Å². The number of aromatic nitrogens is 2. The van der Waals surface area contributed by atoms with Crippen molar-refractivity contribution in [2.45, 2.75) is 38.4 Å². The molecule has 184 valence electrons. The van der Waals surface area contributed by atoms with E-state index in [9.17, 15) is 13.2 Å². The lowest BCUT2D eigenvalue weighted by Crippen LogP contribution is -2.49. The van der Waals surface area contributed by atoms with Gasteiger partial charge in [-0.05, 0) is 37.0 Å². The largest absolute Gasteiger partial charge is 0.377 e. The van der Waals surface area contributed by atoms with Crippen molar-refractivity contribution in [3.05, 3.63) is 41.6 Å². The van der Waals surface area contributed by atoms with Crippen LogP contribution in [0.5, 0.6) is 0 Å². The lowest BCUT2D eigenvalue weighted by atomic mass is 10.1. The van der Waals surface area contributed by atoms with Crippen molar-refractivity contribution in [2.24, 2.45) is 0 Å². The van der Waals surface area contributed by atoms with Crippen molar-refractivity contribution < 1.29 is 17.9 Å². The van der Waals surface area contributed by atoms with Crippen LogP contribution in [0.3, 0.4) is 0 Å². The van der Waals surface area contributed by atoms with E-state index in [0.717, 1.165) is 39.1 Å². The van der Waals surface area contributed by atoms with Gasteiger partial charge in [0.1, 0.15) is 0 Å². The van der Waals surface area contributed by atoms with Crippen LogP contribution in [0.15, 0.2) is 30.5 Å². The highest BCUT2D eigenvalue weighted by Crippen LogP contribution is 2.36. The van der Waals surface area contributed by atoms with Crippen molar-refractivity contribution >= 4 is 27.6 Å². The molecule has 2 atom stereocenters. The molecule has 11 heteroatoms. The molecule has 0 saturated carbocycles. The highest BCUT2D eigenvalue weighted by Gasteiger charge is 2.38. The molecule has 3 aliphatic heterocycles. The maximum Gasteiger partial charge on any atom is 0.344 e. The number of carbonyl (C=O) groups is 1. The van der Waals surface area contributed by atoms with Crippen LogP contribution in [-0.4, -0.2) is 91.8 Å². The summed E-state index contributed by atoms with van der Waals surface area (Å²) in [4.78, 5) is 19.5. The molecule has 34 heavy (non-hydrogen) atoms. The average molecular weight is 489 g/mol. The summed E-state index contributed by atoms with van der Waals surface area (Å²) in [5.74, 6) is 0.137. The van der Waals surface area contributed by atoms with Gasteiger partial charge >= 0.3 is 6.03 Å². The van der Waals surface area contributed by atoms with Crippen LogP contribution in [0, 0.1) is 6.92 Å². The Morgan fingerprint density at radius 3 is 2.50 bits per heavy atom. The zero-order chi connectivity index (χ0) is 23.9. The molecule has 0 radical (unpaired) electrons. The number of nitrogens with zero attached hydrogens (tertiary/aromatic N) is 5. The minimum absolute atomic E-state index is 0.137. The Hall–Kier alpha value is -2.63. The second kappa shape index (κ2) is 9.20. The van der Waals surface area contributed by atoms with Gasteiger partial charge in [-0.2, -0.15) is 4.68 Å². The average Bonchev–Trinajstić information content (AvgIpc) is 3.34. The first-order chi connectivity index (χ1) is 16.3. The number of morpholine rings is 1. The first-order valence-corrected chi connectivity index (χ1v) is 13.7. The predicted octanol–water partition coefficient (Wildman–Crippen LogP) is 1.72. The van der Waals surface area contributed by atoms with Crippen LogP contribution < -0.4 is 9.62 Å². The lowest BCUT2D eigenvalue weighted by Gasteiger charge is -2.38. The van der Waals surface area contributed by atoms with Gasteiger partial charge < -0.3 is 14.5 Å². The Labute approximate surface area is 200 Å². The molecule has 1 aromatic heterocycles. The predicted molar refractivity (Wildman–Crippen MR) is 130 cm³/mol. The van der Waals surface area contributed by atoms with Gasteiger partial charge in [0.15, 0.2) is 5.82 Å². The quantitative estimate of drug-likeness (QED) is 0.684. The van der Waals surface area contributed by atoms with Crippen LogP contribution >= 0.6 is 0 Å². The monoisotopic (exact) mass is 488 g/mol. The van der Waals surface area contributed by atoms with Crippen LogP contribution in [0.4, 0.5) is 16.3 Å². The summed E-state index contributed by atoms with van der Waals surface area (Å²) >= 11 is 0. The molecule has 1 amide bonds. The molecular weight excluding hydrogens is 456 g/mol. The first-order valence-electron chi connectivity index (χ1n) is 11.8. The molecular formula is C23H32N6O4S. The zero-order valence-corrected chi connectivity index (χ0v) is 20.5. The van der Waals surface area contributed by atoms with Crippen LogP contribution in [-0.2, 0) is 21.3 Å². The maximum atomic E-state index is 12.8. The fourth-order valence-electron chi connectivity index (χ4n) is 5.23. The summed E-state index contributed by atoms with van der Waals surface area (Å²) in [7, 11) is -3.43. The Balaban J connectivity index is 1.19. The van der Waals surface area contributed by atoms with Gasteiger partial charge in [-0.3, -0.25) is 9.62 Å². The first kappa shape index (κ1) is 23.1. The second-order valence-electron chi connectivity index (χ2n) is 9.52. The highest BCUT2D eigenvalue weighted by molar-refractivity contribution is 7.92. The van der Waals surface area contributed by atoms with Gasteiger partial charge in [-0.15, -0.1) is 5.10 Å². The number of aryl methyl sites for hydroxylation is 1. The van der Waals surface area contributed by atoms with Crippen LogP contribution in [0.1, 0.15) is 24.0 Å². The number of rotatable bonds is 5. The number of anilines is 2. The number of carbonyl (C=O) groups excluding carboxylic acids is 1. The van der Waals surface area contributed by atoms with E-state index in [0.29, 0.717) is 25.2 Å². The number of amides is 1. The van der Waals surface area contributed by atoms with Crippen molar-refractivity contribution in [1.82, 2.24) is 19.6 Å². The molecule has 2 aromatic rings. The molecule has 3 fully saturated rings. The van der Waals surface area contributed by atoms with E-state index >= 15 is 0 Å². The molecule has 0 spiro atoms. The van der Waals surface area contributed by atoms with Gasteiger partial charge in [0, 0.05) is 50.7 Å². The van der Waals surface area contributed by atoms with E-state index in [-0.39, 0.29) is 11.8 Å². The van der Waals surface area contributed by atoms with Crippen molar-refractivity contribution in [3.63, 3.8) is 0 Å². The normalized spacial score (nSPS) is 23.4. The van der Waals surface area contributed by atoms with E-state index in [4.69, 9.17) is 4.74 Å². The van der Waals surface area contributed by atoms with Crippen LogP contribution in [0.2, 0.25) is 0 Å². The van der Waals surface area contributed by atoms with E-state index < -0.39 is 10.0 Å². The molecule has 1 N–H and O–H groups in total. The summed E-state index contributed by atoms with van der Waals surface area (Å²) in [5.41, 5.74) is 3.93. The minimum atomic E-state index is -3.43. The van der Waals surface area contributed by atoms with Gasteiger partial charge in [0.05, 0.1) is 31.6 Å². The fraction of sp³-hybridized carbons (Fsp3) is 0.565. The summed E-state index contributed by atoms with van der Waals surface area (Å²) in [6.07, 6.45) is 4.93. The summed E-state index contributed by atoms with van der Waals surface area (Å²) in [6.45, 7) is 7.40. The Bertz CT molecular complexity index is 1140. The molecule has 10 nitrogen and oxygen atoms in total. The zero-order valence-electron chi connectivity index (χ0n) is 19.7.